The molecule has 1 aromatic carbocycles. The minimum Gasteiger partial charge on any atom is -0.322 e. The third kappa shape index (κ3) is 2.15. The summed E-state index contributed by atoms with van der Waals surface area (Å²) in [5.74, 6) is 0. The number of aromatic nitrogens is 3. The zero-order chi connectivity index (χ0) is 13.2. The van der Waals surface area contributed by atoms with Crippen molar-refractivity contribution >= 4 is 5.65 Å². The molecule has 1 unspecified atom stereocenters. The van der Waals surface area contributed by atoms with Gasteiger partial charge in [-0.15, -0.1) is 5.10 Å². The highest BCUT2D eigenvalue weighted by molar-refractivity contribution is 5.35. The van der Waals surface area contributed by atoms with E-state index in [1.807, 2.05) is 36.4 Å². The Labute approximate surface area is 109 Å². The number of benzene rings is 1. The maximum atomic E-state index is 12.1. The summed E-state index contributed by atoms with van der Waals surface area (Å²) < 4.78 is 2.92. The second-order valence-corrected chi connectivity index (χ2v) is 4.41. The van der Waals surface area contributed by atoms with Gasteiger partial charge in [0, 0.05) is 12.2 Å². The van der Waals surface area contributed by atoms with Gasteiger partial charge in [-0.25, -0.2) is 9.48 Å². The van der Waals surface area contributed by atoms with Crippen LogP contribution >= 0.6 is 0 Å². The molecule has 0 amide bonds. The SMILES string of the molecule is NC(Cn1nc2ccccn2c1=O)c1ccccc1. The highest BCUT2D eigenvalue weighted by Gasteiger charge is 2.11. The molecule has 3 rings (SSSR count). The van der Waals surface area contributed by atoms with Crippen LogP contribution in [0.4, 0.5) is 0 Å². The third-order valence-electron chi connectivity index (χ3n) is 3.09. The van der Waals surface area contributed by atoms with Gasteiger partial charge in [0.2, 0.25) is 0 Å². The first-order valence-corrected chi connectivity index (χ1v) is 6.10. The van der Waals surface area contributed by atoms with Crippen LogP contribution in [0.15, 0.2) is 59.5 Å². The molecule has 96 valence electrons. The smallest absolute Gasteiger partial charge is 0.322 e. The average molecular weight is 254 g/mol. The van der Waals surface area contributed by atoms with Crippen LogP contribution in [0.5, 0.6) is 0 Å². The van der Waals surface area contributed by atoms with Crippen molar-refractivity contribution < 1.29 is 0 Å². The lowest BCUT2D eigenvalue weighted by Crippen LogP contribution is -2.27. The Bertz CT molecular complexity index is 745. The number of hydrogen-bond donors (Lipinski definition) is 1. The summed E-state index contributed by atoms with van der Waals surface area (Å²) >= 11 is 0. The first kappa shape index (κ1) is 11.7. The third-order valence-corrected chi connectivity index (χ3v) is 3.09. The molecule has 0 aliphatic rings. The van der Waals surface area contributed by atoms with Gasteiger partial charge in [-0.1, -0.05) is 36.4 Å². The fraction of sp³-hybridized carbons (Fsp3) is 0.143. The monoisotopic (exact) mass is 254 g/mol. The molecule has 3 aromatic rings. The molecule has 19 heavy (non-hydrogen) atoms. The van der Waals surface area contributed by atoms with Crippen molar-refractivity contribution in [3.63, 3.8) is 0 Å². The van der Waals surface area contributed by atoms with E-state index < -0.39 is 0 Å². The zero-order valence-electron chi connectivity index (χ0n) is 10.3. The second kappa shape index (κ2) is 4.70. The molecule has 0 radical (unpaired) electrons. The molecule has 5 nitrogen and oxygen atoms in total. The lowest BCUT2D eigenvalue weighted by atomic mass is 10.1. The summed E-state index contributed by atoms with van der Waals surface area (Å²) in [5, 5.41) is 4.26. The van der Waals surface area contributed by atoms with Crippen molar-refractivity contribution in [3.8, 4) is 0 Å². The molecular weight excluding hydrogens is 240 g/mol. The Morgan fingerprint density at radius 3 is 2.58 bits per heavy atom. The topological polar surface area (TPSA) is 65.3 Å². The lowest BCUT2D eigenvalue weighted by Gasteiger charge is -2.10. The molecule has 2 N–H and O–H groups in total. The first-order valence-electron chi connectivity index (χ1n) is 6.10. The quantitative estimate of drug-likeness (QED) is 0.763. The van der Waals surface area contributed by atoms with Gasteiger partial charge in [0.25, 0.3) is 0 Å². The van der Waals surface area contributed by atoms with Gasteiger partial charge in [-0.2, -0.15) is 0 Å². The number of pyridine rings is 1. The molecule has 0 bridgehead atoms. The number of rotatable bonds is 3. The van der Waals surface area contributed by atoms with Crippen LogP contribution < -0.4 is 11.4 Å². The zero-order valence-corrected chi connectivity index (χ0v) is 10.3. The Morgan fingerprint density at radius 1 is 1.11 bits per heavy atom. The standard InChI is InChI=1S/C14H14N4O/c15-12(11-6-2-1-3-7-11)10-18-14(19)17-9-5-4-8-13(17)16-18/h1-9,12H,10,15H2. The lowest BCUT2D eigenvalue weighted by molar-refractivity contribution is 0.513. The maximum absolute atomic E-state index is 12.1. The molecule has 5 heteroatoms. The average Bonchev–Trinajstić information content (AvgIpc) is 2.77. The van der Waals surface area contributed by atoms with Crippen LogP contribution in [-0.4, -0.2) is 14.2 Å². The van der Waals surface area contributed by atoms with Crippen molar-refractivity contribution in [2.75, 3.05) is 0 Å². The van der Waals surface area contributed by atoms with E-state index in [2.05, 4.69) is 5.10 Å². The van der Waals surface area contributed by atoms with Crippen LogP contribution in [0.25, 0.3) is 5.65 Å². The summed E-state index contributed by atoms with van der Waals surface area (Å²) in [6.45, 7) is 0.366. The first-order chi connectivity index (χ1) is 9.25. The van der Waals surface area contributed by atoms with Gasteiger partial charge < -0.3 is 5.73 Å². The highest BCUT2D eigenvalue weighted by atomic mass is 16.2. The molecule has 0 aliphatic heterocycles. The van der Waals surface area contributed by atoms with Gasteiger partial charge in [0.05, 0.1) is 6.54 Å². The summed E-state index contributed by atoms with van der Waals surface area (Å²) in [7, 11) is 0. The molecule has 0 saturated carbocycles. The van der Waals surface area contributed by atoms with E-state index in [1.165, 1.54) is 9.08 Å². The summed E-state index contributed by atoms with van der Waals surface area (Å²) in [5.41, 5.74) is 7.57. The van der Waals surface area contributed by atoms with E-state index in [9.17, 15) is 4.79 Å². The minimum absolute atomic E-state index is 0.165. The Hall–Kier alpha value is -2.40. The molecule has 0 fully saturated rings. The van der Waals surface area contributed by atoms with Crippen LogP contribution in [0, 0.1) is 0 Å². The minimum atomic E-state index is -0.246. The summed E-state index contributed by atoms with van der Waals surface area (Å²) in [6, 6.07) is 14.9. The van der Waals surface area contributed by atoms with Crippen molar-refractivity contribution in [1.82, 2.24) is 14.2 Å². The fourth-order valence-electron chi connectivity index (χ4n) is 2.08. The Kier molecular flexibility index (Phi) is 2.89. The summed E-state index contributed by atoms with van der Waals surface area (Å²) in [6.07, 6.45) is 1.70. The molecule has 0 saturated heterocycles. The van der Waals surface area contributed by atoms with Crippen LogP contribution in [-0.2, 0) is 6.54 Å². The van der Waals surface area contributed by atoms with E-state index in [0.29, 0.717) is 12.2 Å². The van der Waals surface area contributed by atoms with Crippen LogP contribution in [0.3, 0.4) is 0 Å². The molecule has 1 atom stereocenters. The van der Waals surface area contributed by atoms with Gasteiger partial charge in [-0.3, -0.25) is 4.40 Å². The van der Waals surface area contributed by atoms with Crippen molar-refractivity contribution in [2.45, 2.75) is 12.6 Å². The van der Waals surface area contributed by atoms with E-state index in [4.69, 9.17) is 5.73 Å². The van der Waals surface area contributed by atoms with Gasteiger partial charge in [0.15, 0.2) is 5.65 Å². The van der Waals surface area contributed by atoms with E-state index in [0.717, 1.165) is 5.56 Å². The van der Waals surface area contributed by atoms with E-state index in [1.54, 1.807) is 18.3 Å². The normalized spacial score (nSPS) is 12.7. The molecule has 2 aromatic heterocycles. The number of nitrogens with zero attached hydrogens (tertiary/aromatic N) is 3. The Morgan fingerprint density at radius 2 is 1.84 bits per heavy atom. The summed E-state index contributed by atoms with van der Waals surface area (Å²) in [4.78, 5) is 12.1. The predicted octanol–water partition coefficient (Wildman–Crippen LogP) is 1.20. The second-order valence-electron chi connectivity index (χ2n) is 4.41. The molecular formula is C14H14N4O. The van der Waals surface area contributed by atoms with Crippen molar-refractivity contribution in [1.29, 1.82) is 0 Å². The molecule has 0 spiro atoms. The molecule has 2 heterocycles. The number of hydrogen-bond acceptors (Lipinski definition) is 3. The van der Waals surface area contributed by atoms with Crippen LogP contribution in [0.2, 0.25) is 0 Å². The number of nitrogens with two attached hydrogens (primary N) is 1. The molecule has 0 aliphatic carbocycles. The van der Waals surface area contributed by atoms with Gasteiger partial charge in [0.1, 0.15) is 0 Å². The fourth-order valence-corrected chi connectivity index (χ4v) is 2.08. The highest BCUT2D eigenvalue weighted by Crippen LogP contribution is 2.10. The maximum Gasteiger partial charge on any atom is 0.350 e. The van der Waals surface area contributed by atoms with E-state index >= 15 is 0 Å². The van der Waals surface area contributed by atoms with Gasteiger partial charge in [-0.05, 0) is 17.7 Å². The number of fused-ring (bicyclic) bond motifs is 1. The van der Waals surface area contributed by atoms with Crippen LogP contribution in [0.1, 0.15) is 11.6 Å². The van der Waals surface area contributed by atoms with Crippen molar-refractivity contribution in [3.05, 3.63) is 70.8 Å². The van der Waals surface area contributed by atoms with E-state index in [-0.39, 0.29) is 11.7 Å². The van der Waals surface area contributed by atoms with Gasteiger partial charge >= 0.3 is 5.69 Å². The predicted molar refractivity (Wildman–Crippen MR) is 72.8 cm³/mol. The van der Waals surface area contributed by atoms with Crippen molar-refractivity contribution in [2.24, 2.45) is 5.73 Å². The Balaban J connectivity index is 1.94. The largest absolute Gasteiger partial charge is 0.350 e.